The van der Waals surface area contributed by atoms with E-state index in [-0.39, 0.29) is 0 Å². The third-order valence-electron chi connectivity index (χ3n) is 3.84. The molecule has 5 heteroatoms. The molecule has 122 valence electrons. The summed E-state index contributed by atoms with van der Waals surface area (Å²) in [5.41, 5.74) is 4.49. The molecule has 3 aromatic rings. The first-order chi connectivity index (χ1) is 11.6. The van der Waals surface area contributed by atoms with E-state index in [1.54, 1.807) is 6.20 Å². The van der Waals surface area contributed by atoms with Gasteiger partial charge < -0.3 is 10.6 Å². The SMILES string of the molecule is Cc1ccc(Nc2nccc(NCc3ccccc3Cl)n2)cc1C. The van der Waals surface area contributed by atoms with Crippen molar-refractivity contribution in [1.29, 1.82) is 0 Å². The first-order valence-corrected chi connectivity index (χ1v) is 8.14. The summed E-state index contributed by atoms with van der Waals surface area (Å²) in [5, 5.41) is 7.25. The predicted molar refractivity (Wildman–Crippen MR) is 100 cm³/mol. The third-order valence-corrected chi connectivity index (χ3v) is 4.21. The molecule has 24 heavy (non-hydrogen) atoms. The highest BCUT2D eigenvalue weighted by Crippen LogP contribution is 2.19. The second-order valence-electron chi connectivity index (χ2n) is 5.63. The molecule has 0 bridgehead atoms. The zero-order valence-corrected chi connectivity index (χ0v) is 14.4. The minimum atomic E-state index is 0.558. The summed E-state index contributed by atoms with van der Waals surface area (Å²) in [7, 11) is 0. The molecule has 4 nitrogen and oxygen atoms in total. The van der Waals surface area contributed by atoms with Gasteiger partial charge in [-0.15, -0.1) is 0 Å². The molecule has 0 spiro atoms. The summed E-state index contributed by atoms with van der Waals surface area (Å²) in [6, 6.07) is 15.8. The fraction of sp³-hybridized carbons (Fsp3) is 0.158. The van der Waals surface area contributed by atoms with Crippen LogP contribution >= 0.6 is 11.6 Å². The highest BCUT2D eigenvalue weighted by Gasteiger charge is 2.03. The van der Waals surface area contributed by atoms with Crippen molar-refractivity contribution in [2.45, 2.75) is 20.4 Å². The summed E-state index contributed by atoms with van der Waals surface area (Å²) in [6.45, 7) is 4.79. The quantitative estimate of drug-likeness (QED) is 0.679. The van der Waals surface area contributed by atoms with Gasteiger partial charge in [0.1, 0.15) is 5.82 Å². The first-order valence-electron chi connectivity index (χ1n) is 7.76. The number of nitrogens with one attached hydrogen (secondary N) is 2. The molecule has 1 heterocycles. The Balaban J connectivity index is 1.69. The number of hydrogen-bond acceptors (Lipinski definition) is 4. The van der Waals surface area contributed by atoms with Crippen LogP contribution in [0.15, 0.2) is 54.7 Å². The molecule has 0 fully saturated rings. The van der Waals surface area contributed by atoms with Gasteiger partial charge in [0.15, 0.2) is 0 Å². The van der Waals surface area contributed by atoms with Crippen molar-refractivity contribution in [1.82, 2.24) is 9.97 Å². The number of nitrogens with zero attached hydrogens (tertiary/aromatic N) is 2. The zero-order valence-electron chi connectivity index (χ0n) is 13.7. The second-order valence-corrected chi connectivity index (χ2v) is 6.04. The molecule has 2 aromatic carbocycles. The van der Waals surface area contributed by atoms with Crippen LogP contribution in [0, 0.1) is 13.8 Å². The lowest BCUT2D eigenvalue weighted by atomic mass is 10.1. The number of rotatable bonds is 5. The van der Waals surface area contributed by atoms with Crippen LogP contribution in [0.4, 0.5) is 17.5 Å². The fourth-order valence-electron chi connectivity index (χ4n) is 2.29. The van der Waals surface area contributed by atoms with Crippen molar-refractivity contribution in [3.8, 4) is 0 Å². The Morgan fingerprint density at radius 2 is 1.83 bits per heavy atom. The van der Waals surface area contributed by atoms with Gasteiger partial charge in [-0.1, -0.05) is 35.9 Å². The minimum absolute atomic E-state index is 0.558. The van der Waals surface area contributed by atoms with Crippen LogP contribution in [0.25, 0.3) is 0 Å². The predicted octanol–water partition coefficient (Wildman–Crippen LogP) is 5.10. The van der Waals surface area contributed by atoms with Crippen molar-refractivity contribution in [2.75, 3.05) is 10.6 Å². The Morgan fingerprint density at radius 3 is 2.62 bits per heavy atom. The van der Waals surface area contributed by atoms with Crippen molar-refractivity contribution < 1.29 is 0 Å². The Hall–Kier alpha value is -2.59. The van der Waals surface area contributed by atoms with E-state index >= 15 is 0 Å². The molecule has 0 saturated heterocycles. The smallest absolute Gasteiger partial charge is 0.229 e. The summed E-state index contributed by atoms with van der Waals surface area (Å²) < 4.78 is 0. The Labute approximate surface area is 146 Å². The van der Waals surface area contributed by atoms with Gasteiger partial charge in [0.05, 0.1) is 0 Å². The summed E-state index contributed by atoms with van der Waals surface area (Å²) in [4.78, 5) is 8.76. The normalized spacial score (nSPS) is 10.5. The molecular weight excluding hydrogens is 320 g/mol. The van der Waals surface area contributed by atoms with E-state index in [2.05, 4.69) is 46.6 Å². The van der Waals surface area contributed by atoms with E-state index in [4.69, 9.17) is 11.6 Å². The molecule has 2 N–H and O–H groups in total. The molecule has 0 unspecified atom stereocenters. The molecular formula is C19H19ClN4. The van der Waals surface area contributed by atoms with E-state index in [0.29, 0.717) is 12.5 Å². The number of benzene rings is 2. The number of hydrogen-bond donors (Lipinski definition) is 2. The second kappa shape index (κ2) is 7.32. The van der Waals surface area contributed by atoms with Crippen LogP contribution in [0.3, 0.4) is 0 Å². The molecule has 0 aliphatic carbocycles. The van der Waals surface area contributed by atoms with Crippen molar-refractivity contribution in [3.63, 3.8) is 0 Å². The zero-order chi connectivity index (χ0) is 16.9. The van der Waals surface area contributed by atoms with Crippen molar-refractivity contribution in [2.24, 2.45) is 0 Å². The van der Waals surface area contributed by atoms with Gasteiger partial charge >= 0.3 is 0 Å². The summed E-state index contributed by atoms with van der Waals surface area (Å²) in [6.07, 6.45) is 1.73. The maximum atomic E-state index is 6.17. The first kappa shape index (κ1) is 16.3. The molecule has 0 amide bonds. The van der Waals surface area contributed by atoms with Gasteiger partial charge in [-0.25, -0.2) is 4.98 Å². The Bertz CT molecular complexity index is 848. The minimum Gasteiger partial charge on any atom is -0.366 e. The third kappa shape index (κ3) is 4.03. The highest BCUT2D eigenvalue weighted by molar-refractivity contribution is 6.31. The average molecular weight is 339 g/mol. The van der Waals surface area contributed by atoms with Gasteiger partial charge in [0.25, 0.3) is 0 Å². The van der Waals surface area contributed by atoms with Gasteiger partial charge in [0, 0.05) is 23.5 Å². The molecule has 1 aromatic heterocycles. The molecule has 3 rings (SSSR count). The van der Waals surface area contributed by atoms with Crippen LogP contribution in [-0.4, -0.2) is 9.97 Å². The molecule has 0 saturated carbocycles. The van der Waals surface area contributed by atoms with E-state index in [1.165, 1.54) is 11.1 Å². The van der Waals surface area contributed by atoms with Gasteiger partial charge in [-0.2, -0.15) is 4.98 Å². The topological polar surface area (TPSA) is 49.8 Å². The lowest BCUT2D eigenvalue weighted by Gasteiger charge is -2.10. The molecule has 0 aliphatic heterocycles. The molecule has 0 aliphatic rings. The van der Waals surface area contributed by atoms with Crippen LogP contribution < -0.4 is 10.6 Å². The lowest BCUT2D eigenvalue weighted by molar-refractivity contribution is 1.08. The lowest BCUT2D eigenvalue weighted by Crippen LogP contribution is -2.04. The van der Waals surface area contributed by atoms with Gasteiger partial charge in [-0.05, 0) is 54.8 Å². The van der Waals surface area contributed by atoms with Gasteiger partial charge in [0.2, 0.25) is 5.95 Å². The van der Waals surface area contributed by atoms with Crippen LogP contribution in [0.2, 0.25) is 5.02 Å². The highest BCUT2D eigenvalue weighted by atomic mass is 35.5. The van der Waals surface area contributed by atoms with Gasteiger partial charge in [-0.3, -0.25) is 0 Å². The van der Waals surface area contributed by atoms with Crippen LogP contribution in [0.5, 0.6) is 0 Å². The number of halogens is 1. The maximum absolute atomic E-state index is 6.17. The molecule has 0 atom stereocenters. The standard InChI is InChI=1S/C19H19ClN4/c1-13-7-8-16(11-14(13)2)23-19-21-10-9-18(24-19)22-12-15-5-3-4-6-17(15)20/h3-11H,12H2,1-2H3,(H2,21,22,23,24). The number of aryl methyl sites for hydroxylation is 2. The Morgan fingerprint density at radius 1 is 1.00 bits per heavy atom. The van der Waals surface area contributed by atoms with Crippen LogP contribution in [0.1, 0.15) is 16.7 Å². The Kier molecular flexibility index (Phi) is 4.96. The fourth-order valence-corrected chi connectivity index (χ4v) is 2.50. The largest absolute Gasteiger partial charge is 0.366 e. The number of aromatic nitrogens is 2. The average Bonchev–Trinajstić information content (AvgIpc) is 2.58. The van der Waals surface area contributed by atoms with E-state index in [1.807, 2.05) is 36.4 Å². The van der Waals surface area contributed by atoms with E-state index in [0.717, 1.165) is 22.1 Å². The maximum Gasteiger partial charge on any atom is 0.229 e. The van der Waals surface area contributed by atoms with Crippen molar-refractivity contribution in [3.05, 3.63) is 76.4 Å². The van der Waals surface area contributed by atoms with Crippen LogP contribution in [-0.2, 0) is 6.54 Å². The van der Waals surface area contributed by atoms with E-state index in [9.17, 15) is 0 Å². The van der Waals surface area contributed by atoms with E-state index < -0.39 is 0 Å². The molecule has 0 radical (unpaired) electrons. The monoisotopic (exact) mass is 338 g/mol. The summed E-state index contributed by atoms with van der Waals surface area (Å²) >= 11 is 6.17. The summed E-state index contributed by atoms with van der Waals surface area (Å²) in [5.74, 6) is 1.30. The number of anilines is 3. The van der Waals surface area contributed by atoms with Crippen molar-refractivity contribution >= 4 is 29.1 Å².